The highest BCUT2D eigenvalue weighted by atomic mass is 16.5. The Hall–Kier alpha value is -2.04. The Balaban J connectivity index is 2.00. The SMILES string of the molecule is NC(=O)CCCCCCCCCOc1cccc(C(=O)O)c1. The molecule has 0 atom stereocenters. The number of rotatable bonds is 12. The number of carboxylic acid groups (broad SMARTS) is 1. The third-order valence-electron chi connectivity index (χ3n) is 3.42. The fourth-order valence-electron chi connectivity index (χ4n) is 2.19. The van der Waals surface area contributed by atoms with Gasteiger partial charge in [-0.3, -0.25) is 4.79 Å². The topological polar surface area (TPSA) is 89.6 Å². The zero-order chi connectivity index (χ0) is 16.2. The van der Waals surface area contributed by atoms with Crippen LogP contribution in [0.25, 0.3) is 0 Å². The molecule has 0 aliphatic rings. The second-order valence-corrected chi connectivity index (χ2v) is 5.37. The highest BCUT2D eigenvalue weighted by Gasteiger charge is 2.03. The highest BCUT2D eigenvalue weighted by molar-refractivity contribution is 5.87. The van der Waals surface area contributed by atoms with Gasteiger partial charge < -0.3 is 15.6 Å². The van der Waals surface area contributed by atoms with Crippen LogP contribution >= 0.6 is 0 Å². The summed E-state index contributed by atoms with van der Waals surface area (Å²) in [6.07, 6.45) is 7.92. The Kier molecular flexibility index (Phi) is 8.72. The first-order valence-electron chi connectivity index (χ1n) is 7.84. The average Bonchev–Trinajstić information content (AvgIpc) is 2.49. The van der Waals surface area contributed by atoms with E-state index in [-0.39, 0.29) is 11.5 Å². The number of benzene rings is 1. The molecule has 3 N–H and O–H groups in total. The maximum atomic E-state index is 10.8. The summed E-state index contributed by atoms with van der Waals surface area (Å²) in [6, 6.07) is 6.55. The van der Waals surface area contributed by atoms with Crippen molar-refractivity contribution in [3.05, 3.63) is 29.8 Å². The number of carboxylic acids is 1. The summed E-state index contributed by atoms with van der Waals surface area (Å²) >= 11 is 0. The molecular formula is C17H25NO4. The molecule has 5 heteroatoms. The summed E-state index contributed by atoms with van der Waals surface area (Å²) in [5, 5.41) is 8.89. The molecule has 1 amide bonds. The maximum Gasteiger partial charge on any atom is 0.335 e. The van der Waals surface area contributed by atoms with Crippen molar-refractivity contribution in [1.29, 1.82) is 0 Å². The first-order valence-corrected chi connectivity index (χ1v) is 7.84. The van der Waals surface area contributed by atoms with Crippen molar-refractivity contribution in [2.24, 2.45) is 5.73 Å². The molecule has 1 rings (SSSR count). The third-order valence-corrected chi connectivity index (χ3v) is 3.42. The van der Waals surface area contributed by atoms with Crippen molar-refractivity contribution in [3.63, 3.8) is 0 Å². The second kappa shape index (κ2) is 10.7. The Morgan fingerprint density at radius 1 is 1.00 bits per heavy atom. The monoisotopic (exact) mass is 307 g/mol. The van der Waals surface area contributed by atoms with Crippen molar-refractivity contribution in [3.8, 4) is 5.75 Å². The van der Waals surface area contributed by atoms with Gasteiger partial charge in [0.25, 0.3) is 0 Å². The molecule has 0 aromatic heterocycles. The van der Waals surface area contributed by atoms with Gasteiger partial charge in [0.1, 0.15) is 5.75 Å². The molecule has 0 aliphatic heterocycles. The van der Waals surface area contributed by atoms with E-state index in [4.69, 9.17) is 15.6 Å². The van der Waals surface area contributed by atoms with E-state index in [1.807, 2.05) is 0 Å². The largest absolute Gasteiger partial charge is 0.494 e. The standard InChI is InChI=1S/C17H25NO4/c18-16(19)11-6-4-2-1-3-5-7-12-22-15-10-8-9-14(13-15)17(20)21/h8-10,13H,1-7,11-12H2,(H2,18,19)(H,20,21). The lowest BCUT2D eigenvalue weighted by atomic mass is 10.1. The highest BCUT2D eigenvalue weighted by Crippen LogP contribution is 2.14. The third kappa shape index (κ3) is 8.29. The summed E-state index contributed by atoms with van der Waals surface area (Å²) in [6.45, 7) is 0.602. The lowest BCUT2D eigenvalue weighted by molar-refractivity contribution is -0.118. The van der Waals surface area contributed by atoms with E-state index in [1.165, 1.54) is 0 Å². The minimum Gasteiger partial charge on any atom is -0.494 e. The van der Waals surface area contributed by atoms with Crippen molar-refractivity contribution in [1.82, 2.24) is 0 Å². The normalized spacial score (nSPS) is 10.4. The number of hydrogen-bond donors (Lipinski definition) is 2. The van der Waals surface area contributed by atoms with E-state index >= 15 is 0 Å². The number of nitrogens with two attached hydrogens (primary N) is 1. The van der Waals surface area contributed by atoms with Gasteiger partial charge in [0.05, 0.1) is 12.2 Å². The molecular weight excluding hydrogens is 282 g/mol. The first-order chi connectivity index (χ1) is 10.6. The predicted octanol–water partition coefficient (Wildman–Crippen LogP) is 3.37. The number of amides is 1. The summed E-state index contributed by atoms with van der Waals surface area (Å²) < 4.78 is 5.55. The zero-order valence-corrected chi connectivity index (χ0v) is 12.9. The van der Waals surface area contributed by atoms with Gasteiger partial charge in [-0.25, -0.2) is 4.79 Å². The molecule has 0 saturated heterocycles. The fourth-order valence-corrected chi connectivity index (χ4v) is 2.19. The lowest BCUT2D eigenvalue weighted by Crippen LogP contribution is -2.09. The van der Waals surface area contributed by atoms with Gasteiger partial charge in [0.2, 0.25) is 5.91 Å². The van der Waals surface area contributed by atoms with Crippen LogP contribution in [-0.2, 0) is 4.79 Å². The second-order valence-electron chi connectivity index (χ2n) is 5.37. The van der Waals surface area contributed by atoms with Crippen molar-refractivity contribution in [2.75, 3.05) is 6.61 Å². The van der Waals surface area contributed by atoms with Crippen LogP contribution in [0.15, 0.2) is 24.3 Å². The average molecular weight is 307 g/mol. The van der Waals surface area contributed by atoms with Crippen LogP contribution in [0.4, 0.5) is 0 Å². The number of primary amides is 1. The molecule has 1 aromatic carbocycles. The van der Waals surface area contributed by atoms with Crippen LogP contribution < -0.4 is 10.5 Å². The number of carbonyl (C=O) groups excluding carboxylic acids is 1. The molecule has 0 saturated carbocycles. The Morgan fingerprint density at radius 2 is 1.64 bits per heavy atom. The molecule has 22 heavy (non-hydrogen) atoms. The van der Waals surface area contributed by atoms with Crippen molar-refractivity contribution < 1.29 is 19.4 Å². The van der Waals surface area contributed by atoms with Gasteiger partial charge in [-0.05, 0) is 31.0 Å². The van der Waals surface area contributed by atoms with Crippen molar-refractivity contribution in [2.45, 2.75) is 51.4 Å². The van der Waals surface area contributed by atoms with Gasteiger partial charge in [0, 0.05) is 6.42 Å². The number of aromatic carboxylic acids is 1. The van der Waals surface area contributed by atoms with E-state index in [0.29, 0.717) is 18.8 Å². The quantitative estimate of drug-likeness (QED) is 0.579. The lowest BCUT2D eigenvalue weighted by Gasteiger charge is -2.07. The molecule has 5 nitrogen and oxygen atoms in total. The van der Waals surface area contributed by atoms with E-state index in [2.05, 4.69) is 0 Å². The fraction of sp³-hybridized carbons (Fsp3) is 0.529. The summed E-state index contributed by atoms with van der Waals surface area (Å²) in [7, 11) is 0. The Labute approximate surface area is 131 Å². The molecule has 0 unspecified atom stereocenters. The van der Waals surface area contributed by atoms with Crippen molar-refractivity contribution >= 4 is 11.9 Å². The van der Waals surface area contributed by atoms with Gasteiger partial charge >= 0.3 is 5.97 Å². The predicted molar refractivity (Wildman–Crippen MR) is 85.0 cm³/mol. The van der Waals surface area contributed by atoms with E-state index in [1.54, 1.807) is 24.3 Å². The van der Waals surface area contributed by atoms with E-state index in [9.17, 15) is 9.59 Å². The maximum absolute atomic E-state index is 10.8. The Bertz CT molecular complexity index is 473. The van der Waals surface area contributed by atoms with Gasteiger partial charge in [-0.15, -0.1) is 0 Å². The van der Waals surface area contributed by atoms with E-state index < -0.39 is 5.97 Å². The molecule has 0 fully saturated rings. The number of unbranched alkanes of at least 4 members (excludes halogenated alkanes) is 6. The zero-order valence-electron chi connectivity index (χ0n) is 12.9. The summed E-state index contributed by atoms with van der Waals surface area (Å²) in [5.41, 5.74) is 5.32. The molecule has 0 heterocycles. The minimum atomic E-state index is -0.943. The molecule has 0 spiro atoms. The van der Waals surface area contributed by atoms with Crippen LogP contribution in [-0.4, -0.2) is 23.6 Å². The van der Waals surface area contributed by atoms with Crippen LogP contribution in [0.1, 0.15) is 61.7 Å². The van der Waals surface area contributed by atoms with Crippen LogP contribution in [0.5, 0.6) is 5.75 Å². The number of ether oxygens (including phenoxy) is 1. The minimum absolute atomic E-state index is 0.218. The van der Waals surface area contributed by atoms with Crippen LogP contribution in [0, 0.1) is 0 Å². The first kappa shape index (κ1) is 18.0. The Morgan fingerprint density at radius 3 is 2.27 bits per heavy atom. The van der Waals surface area contributed by atoms with Gasteiger partial charge in [0.15, 0.2) is 0 Å². The molecule has 122 valence electrons. The number of hydrogen-bond acceptors (Lipinski definition) is 3. The summed E-state index contributed by atoms with van der Waals surface area (Å²) in [4.78, 5) is 21.4. The van der Waals surface area contributed by atoms with Crippen LogP contribution in [0.3, 0.4) is 0 Å². The molecule has 0 bridgehead atoms. The smallest absolute Gasteiger partial charge is 0.335 e. The molecule has 1 aromatic rings. The molecule has 0 radical (unpaired) electrons. The summed E-state index contributed by atoms with van der Waals surface area (Å²) in [5.74, 6) is -0.558. The molecule has 0 aliphatic carbocycles. The van der Waals surface area contributed by atoms with Gasteiger partial charge in [-0.2, -0.15) is 0 Å². The van der Waals surface area contributed by atoms with Gasteiger partial charge in [-0.1, -0.05) is 38.2 Å². The van der Waals surface area contributed by atoms with E-state index in [0.717, 1.165) is 44.9 Å². The number of carbonyl (C=O) groups is 2. The van der Waals surface area contributed by atoms with Crippen LogP contribution in [0.2, 0.25) is 0 Å².